The van der Waals surface area contributed by atoms with Gasteiger partial charge in [0, 0.05) is 25.7 Å². The van der Waals surface area contributed by atoms with Crippen LogP contribution in [0.5, 0.6) is 0 Å². The zero-order valence-electron chi connectivity index (χ0n) is 14.1. The fraction of sp³-hybridized carbons (Fsp3) is 0.333. The Morgan fingerprint density at radius 1 is 1.39 bits per heavy atom. The van der Waals surface area contributed by atoms with Crippen LogP contribution in [0.2, 0.25) is 5.02 Å². The van der Waals surface area contributed by atoms with Gasteiger partial charge in [-0.1, -0.05) is 43.3 Å². The maximum absolute atomic E-state index is 5.98. The molecule has 0 unspecified atom stereocenters. The first-order valence-corrected chi connectivity index (χ1v) is 8.17. The zero-order chi connectivity index (χ0) is 16.8. The van der Waals surface area contributed by atoms with Gasteiger partial charge in [0.05, 0.1) is 12.4 Å². The van der Waals surface area contributed by atoms with E-state index in [2.05, 4.69) is 66.2 Å². The Bertz CT molecular complexity index is 602. The summed E-state index contributed by atoms with van der Waals surface area (Å²) in [4.78, 5) is 4.46. The van der Waals surface area contributed by atoms with Crippen LogP contribution >= 0.6 is 11.6 Å². The van der Waals surface area contributed by atoms with Gasteiger partial charge in [-0.15, -0.1) is 0 Å². The fourth-order valence-electron chi connectivity index (χ4n) is 2.64. The smallest absolute Gasteiger partial charge is 0.130 e. The Balaban J connectivity index is 2.32. The van der Waals surface area contributed by atoms with Gasteiger partial charge in [0.1, 0.15) is 11.5 Å². The first-order valence-electron chi connectivity index (χ1n) is 7.79. The minimum absolute atomic E-state index is 0.753. The molecule has 0 atom stereocenters. The van der Waals surface area contributed by atoms with Crippen molar-refractivity contribution in [2.75, 3.05) is 20.8 Å². The molecule has 0 fully saturated rings. The number of hydrogen-bond acceptors (Lipinski definition) is 4. The Labute approximate surface area is 144 Å². The summed E-state index contributed by atoms with van der Waals surface area (Å²) in [7, 11) is 4.14. The predicted molar refractivity (Wildman–Crippen MR) is 97.4 cm³/mol. The monoisotopic (exact) mass is 332 g/mol. The molecule has 2 N–H and O–H groups in total. The number of benzene rings is 1. The van der Waals surface area contributed by atoms with E-state index in [0.29, 0.717) is 0 Å². The van der Waals surface area contributed by atoms with Gasteiger partial charge < -0.3 is 20.4 Å². The van der Waals surface area contributed by atoms with Gasteiger partial charge in [0.2, 0.25) is 0 Å². The second-order valence-electron chi connectivity index (χ2n) is 5.62. The molecule has 0 aromatic heterocycles. The molecule has 124 valence electrons. The van der Waals surface area contributed by atoms with Crippen molar-refractivity contribution in [3.05, 3.63) is 70.9 Å². The normalized spacial score (nSPS) is 14.8. The topological polar surface area (TPSA) is 30.5 Å². The van der Waals surface area contributed by atoms with E-state index in [4.69, 9.17) is 11.6 Å². The van der Waals surface area contributed by atoms with Gasteiger partial charge in [0.15, 0.2) is 0 Å². The summed E-state index contributed by atoms with van der Waals surface area (Å²) >= 11 is 5.98. The second-order valence-corrected chi connectivity index (χ2v) is 6.06. The maximum Gasteiger partial charge on any atom is 0.130 e. The molecular weight excluding hydrogens is 308 g/mol. The largest absolute Gasteiger partial charge is 0.376 e. The number of allylic oxidation sites excluding steroid dienone is 1. The molecule has 0 saturated heterocycles. The van der Waals surface area contributed by atoms with Crippen molar-refractivity contribution in [3.63, 3.8) is 0 Å². The van der Waals surface area contributed by atoms with Crippen LogP contribution in [0.25, 0.3) is 0 Å². The van der Waals surface area contributed by atoms with Crippen molar-refractivity contribution in [1.82, 2.24) is 20.4 Å². The lowest BCUT2D eigenvalue weighted by Gasteiger charge is -2.27. The van der Waals surface area contributed by atoms with Crippen LogP contribution in [-0.2, 0) is 6.54 Å². The van der Waals surface area contributed by atoms with Gasteiger partial charge in [-0.3, -0.25) is 0 Å². The number of halogens is 1. The van der Waals surface area contributed by atoms with E-state index in [9.17, 15) is 0 Å². The molecule has 0 radical (unpaired) electrons. The van der Waals surface area contributed by atoms with E-state index in [1.807, 2.05) is 12.1 Å². The Hall–Kier alpha value is -2.07. The molecule has 1 aliphatic heterocycles. The third-order valence-corrected chi connectivity index (χ3v) is 3.91. The SMILES string of the molecule is C=CNC1=C(/C(=C/CC)N(C)C)N(Cc2ccc(Cl)cc2)CN1. The highest BCUT2D eigenvalue weighted by Crippen LogP contribution is 2.26. The Kier molecular flexibility index (Phi) is 5.99. The van der Waals surface area contributed by atoms with Crippen LogP contribution in [-0.4, -0.2) is 30.6 Å². The molecule has 0 bridgehead atoms. The van der Waals surface area contributed by atoms with Crippen LogP contribution in [0.1, 0.15) is 18.9 Å². The molecule has 1 aliphatic rings. The maximum atomic E-state index is 5.98. The van der Waals surface area contributed by atoms with E-state index in [1.54, 1.807) is 6.20 Å². The molecule has 1 aromatic carbocycles. The van der Waals surface area contributed by atoms with Crippen molar-refractivity contribution >= 4 is 11.6 Å². The molecule has 0 amide bonds. The van der Waals surface area contributed by atoms with Gasteiger partial charge in [0.25, 0.3) is 0 Å². The molecule has 4 nitrogen and oxygen atoms in total. The van der Waals surface area contributed by atoms with Gasteiger partial charge >= 0.3 is 0 Å². The van der Waals surface area contributed by atoms with E-state index in [-0.39, 0.29) is 0 Å². The van der Waals surface area contributed by atoms with E-state index in [1.165, 1.54) is 11.3 Å². The zero-order valence-corrected chi connectivity index (χ0v) is 14.8. The summed E-state index contributed by atoms with van der Waals surface area (Å²) in [5.41, 5.74) is 3.57. The van der Waals surface area contributed by atoms with Crippen molar-refractivity contribution in [1.29, 1.82) is 0 Å². The quantitative estimate of drug-likeness (QED) is 0.800. The van der Waals surface area contributed by atoms with Crippen molar-refractivity contribution in [2.45, 2.75) is 19.9 Å². The molecule has 0 saturated carbocycles. The Morgan fingerprint density at radius 3 is 2.65 bits per heavy atom. The number of likely N-dealkylation sites (N-methyl/N-ethyl adjacent to an activating group) is 1. The van der Waals surface area contributed by atoms with Gasteiger partial charge in [-0.05, 0) is 30.3 Å². The summed E-state index contributed by atoms with van der Waals surface area (Å²) in [6.45, 7) is 7.49. The first kappa shape index (κ1) is 17.3. The standard InChI is InChI=1S/C18H25ClN4/c1-5-7-16(22(3)4)17-18(20-6-2)21-13-23(17)12-14-8-10-15(19)11-9-14/h6-11,20-21H,2,5,12-13H2,1,3-4H3/b16-7-. The number of hydrogen-bond donors (Lipinski definition) is 2. The first-order chi connectivity index (χ1) is 11.1. The number of nitrogens with zero attached hydrogens (tertiary/aromatic N) is 2. The van der Waals surface area contributed by atoms with E-state index >= 15 is 0 Å². The average molecular weight is 333 g/mol. The summed E-state index contributed by atoms with van der Waals surface area (Å²) in [6.07, 6.45) is 4.92. The molecule has 5 heteroatoms. The van der Waals surface area contributed by atoms with Crippen molar-refractivity contribution < 1.29 is 0 Å². The highest BCUT2D eigenvalue weighted by atomic mass is 35.5. The molecular formula is C18H25ClN4. The highest BCUT2D eigenvalue weighted by molar-refractivity contribution is 6.30. The third kappa shape index (κ3) is 4.23. The molecule has 23 heavy (non-hydrogen) atoms. The number of rotatable bonds is 7. The lowest BCUT2D eigenvalue weighted by Crippen LogP contribution is -2.27. The van der Waals surface area contributed by atoms with Crippen molar-refractivity contribution in [2.24, 2.45) is 0 Å². The van der Waals surface area contributed by atoms with E-state index in [0.717, 1.165) is 36.2 Å². The van der Waals surface area contributed by atoms with Crippen molar-refractivity contribution in [3.8, 4) is 0 Å². The summed E-state index contributed by atoms with van der Waals surface area (Å²) in [6, 6.07) is 8.00. The van der Waals surface area contributed by atoms with Crippen LogP contribution in [0, 0.1) is 0 Å². The summed E-state index contributed by atoms with van der Waals surface area (Å²) < 4.78 is 0. The lowest BCUT2D eigenvalue weighted by atomic mass is 10.2. The van der Waals surface area contributed by atoms with Crippen LogP contribution < -0.4 is 10.6 Å². The van der Waals surface area contributed by atoms with Gasteiger partial charge in [-0.25, -0.2) is 0 Å². The molecule has 1 aromatic rings. The van der Waals surface area contributed by atoms with Crippen LogP contribution in [0.3, 0.4) is 0 Å². The molecule has 2 rings (SSSR count). The summed E-state index contributed by atoms with van der Waals surface area (Å²) in [5.74, 6) is 0.988. The van der Waals surface area contributed by atoms with Gasteiger partial charge in [-0.2, -0.15) is 0 Å². The predicted octanol–water partition coefficient (Wildman–Crippen LogP) is 3.46. The van der Waals surface area contributed by atoms with E-state index < -0.39 is 0 Å². The minimum atomic E-state index is 0.753. The number of nitrogens with one attached hydrogen (secondary N) is 2. The fourth-order valence-corrected chi connectivity index (χ4v) is 2.76. The summed E-state index contributed by atoms with van der Waals surface area (Å²) in [5, 5.41) is 7.39. The molecule has 0 aliphatic carbocycles. The second kappa shape index (κ2) is 7.97. The Morgan fingerprint density at radius 2 is 2.09 bits per heavy atom. The lowest BCUT2D eigenvalue weighted by molar-refractivity contribution is 0.341. The van der Waals surface area contributed by atoms with Crippen LogP contribution in [0.15, 0.2) is 60.3 Å². The van der Waals surface area contributed by atoms with Crippen LogP contribution in [0.4, 0.5) is 0 Å². The highest BCUT2D eigenvalue weighted by Gasteiger charge is 2.25. The minimum Gasteiger partial charge on any atom is -0.376 e. The third-order valence-electron chi connectivity index (χ3n) is 3.65. The molecule has 0 spiro atoms. The molecule has 1 heterocycles. The average Bonchev–Trinajstić information content (AvgIpc) is 2.90.